The molecule has 0 bridgehead atoms. The van der Waals surface area contributed by atoms with Crippen molar-refractivity contribution in [3.05, 3.63) is 29.3 Å². The molecule has 0 saturated heterocycles. The van der Waals surface area contributed by atoms with E-state index in [1.807, 2.05) is 0 Å². The fourth-order valence-electron chi connectivity index (χ4n) is 1.66. The summed E-state index contributed by atoms with van der Waals surface area (Å²) >= 11 is 0. The molecule has 0 saturated carbocycles. The zero-order valence-electron chi connectivity index (χ0n) is 8.37. The third-order valence-corrected chi connectivity index (χ3v) is 2.30. The molecule has 2 rings (SSSR count). The summed E-state index contributed by atoms with van der Waals surface area (Å²) in [6, 6.07) is 1.28. The van der Waals surface area contributed by atoms with Gasteiger partial charge in [-0.3, -0.25) is 19.3 Å². The Labute approximate surface area is 93.8 Å². The average molecular weight is 240 g/mol. The molecule has 0 radical (unpaired) electrons. The van der Waals surface area contributed by atoms with E-state index in [4.69, 9.17) is 5.73 Å². The molecule has 88 valence electrons. The lowest BCUT2D eigenvalue weighted by Gasteiger charge is -2.14. The molecule has 2 N–H and O–H groups in total. The molecule has 2 amide bonds. The van der Waals surface area contributed by atoms with Crippen LogP contribution in [0.1, 0.15) is 10.4 Å². The van der Waals surface area contributed by atoms with Crippen molar-refractivity contribution in [1.82, 2.24) is 0 Å². The number of halogens is 2. The highest BCUT2D eigenvalue weighted by Crippen LogP contribution is 2.32. The van der Waals surface area contributed by atoms with Crippen LogP contribution in [-0.2, 0) is 9.59 Å². The number of amides is 2. The number of primary amides is 1. The van der Waals surface area contributed by atoms with Gasteiger partial charge in [0.15, 0.2) is 5.82 Å². The summed E-state index contributed by atoms with van der Waals surface area (Å²) in [5.41, 5.74) is 4.08. The Morgan fingerprint density at radius 3 is 2.53 bits per heavy atom. The second-order valence-corrected chi connectivity index (χ2v) is 3.47. The highest BCUT2D eigenvalue weighted by atomic mass is 19.1. The summed E-state index contributed by atoms with van der Waals surface area (Å²) in [7, 11) is 0. The summed E-state index contributed by atoms with van der Waals surface area (Å²) in [6.07, 6.45) is 0. The number of nitrogens with two attached hydrogens (primary N) is 1. The van der Waals surface area contributed by atoms with Gasteiger partial charge in [-0.2, -0.15) is 0 Å². The van der Waals surface area contributed by atoms with Crippen molar-refractivity contribution < 1.29 is 23.2 Å². The Balaban J connectivity index is 2.60. The van der Waals surface area contributed by atoms with Crippen LogP contribution in [0, 0.1) is 11.6 Å². The normalized spacial score (nSPS) is 14.1. The van der Waals surface area contributed by atoms with Gasteiger partial charge in [0.1, 0.15) is 12.4 Å². The molecule has 1 aromatic rings. The van der Waals surface area contributed by atoms with Crippen molar-refractivity contribution in [2.75, 3.05) is 11.4 Å². The molecule has 0 unspecified atom stereocenters. The average Bonchev–Trinajstić information content (AvgIpc) is 2.43. The van der Waals surface area contributed by atoms with Crippen LogP contribution in [0.4, 0.5) is 14.5 Å². The molecule has 7 heteroatoms. The van der Waals surface area contributed by atoms with Gasteiger partial charge < -0.3 is 5.73 Å². The zero-order chi connectivity index (χ0) is 12.7. The van der Waals surface area contributed by atoms with Gasteiger partial charge in [0, 0.05) is 6.07 Å². The Morgan fingerprint density at radius 2 is 1.94 bits per heavy atom. The number of anilines is 1. The SMILES string of the molecule is NC(=O)CN1C(=O)C(=O)c2cc(F)cc(F)c21. The molecule has 1 aliphatic heterocycles. The summed E-state index contributed by atoms with van der Waals surface area (Å²) in [4.78, 5) is 34.2. The highest BCUT2D eigenvalue weighted by molar-refractivity contribution is 6.52. The maximum Gasteiger partial charge on any atom is 0.300 e. The van der Waals surface area contributed by atoms with E-state index in [1.54, 1.807) is 0 Å². The van der Waals surface area contributed by atoms with Gasteiger partial charge in [0.25, 0.3) is 11.7 Å². The van der Waals surface area contributed by atoms with Crippen LogP contribution in [0.15, 0.2) is 12.1 Å². The number of fused-ring (bicyclic) bond motifs is 1. The van der Waals surface area contributed by atoms with Gasteiger partial charge in [-0.05, 0) is 6.07 Å². The Bertz CT molecular complexity index is 557. The number of ketones is 1. The molecule has 0 fully saturated rings. The van der Waals surface area contributed by atoms with Crippen LogP contribution in [0.5, 0.6) is 0 Å². The van der Waals surface area contributed by atoms with Gasteiger partial charge in [-0.25, -0.2) is 8.78 Å². The smallest absolute Gasteiger partial charge is 0.300 e. The molecule has 5 nitrogen and oxygen atoms in total. The first-order valence-electron chi connectivity index (χ1n) is 4.55. The zero-order valence-corrected chi connectivity index (χ0v) is 8.37. The quantitative estimate of drug-likeness (QED) is 0.737. The summed E-state index contributed by atoms with van der Waals surface area (Å²) in [5, 5.41) is 0. The minimum Gasteiger partial charge on any atom is -0.368 e. The number of benzene rings is 1. The fourth-order valence-corrected chi connectivity index (χ4v) is 1.66. The van der Waals surface area contributed by atoms with E-state index in [0.717, 1.165) is 6.07 Å². The van der Waals surface area contributed by atoms with Gasteiger partial charge >= 0.3 is 0 Å². The van der Waals surface area contributed by atoms with Crippen molar-refractivity contribution in [3.8, 4) is 0 Å². The molecular formula is C10H6F2N2O3. The van der Waals surface area contributed by atoms with E-state index in [1.165, 1.54) is 0 Å². The number of hydrogen-bond acceptors (Lipinski definition) is 3. The van der Waals surface area contributed by atoms with Crippen molar-refractivity contribution in [2.24, 2.45) is 5.73 Å². The van der Waals surface area contributed by atoms with Crippen LogP contribution >= 0.6 is 0 Å². The third kappa shape index (κ3) is 1.65. The largest absolute Gasteiger partial charge is 0.368 e. The van der Waals surface area contributed by atoms with Crippen molar-refractivity contribution >= 4 is 23.3 Å². The first-order valence-corrected chi connectivity index (χ1v) is 4.55. The minimum absolute atomic E-state index is 0.395. The standard InChI is InChI=1S/C10H6F2N2O3/c11-4-1-5-8(6(12)2-4)14(3-7(13)15)10(17)9(5)16/h1-2H,3H2,(H2,13,15). The third-order valence-electron chi connectivity index (χ3n) is 2.30. The first-order chi connectivity index (χ1) is 7.91. The number of Topliss-reactive ketones (excluding diaryl/α,β-unsaturated/α-hetero) is 1. The van der Waals surface area contributed by atoms with Crippen molar-refractivity contribution in [1.29, 1.82) is 0 Å². The lowest BCUT2D eigenvalue weighted by atomic mass is 10.1. The topological polar surface area (TPSA) is 80.5 Å². The minimum atomic E-state index is -1.09. The summed E-state index contributed by atoms with van der Waals surface area (Å²) in [6.45, 7) is -0.625. The van der Waals surface area contributed by atoms with Crippen LogP contribution in [0.2, 0.25) is 0 Å². The molecule has 17 heavy (non-hydrogen) atoms. The Morgan fingerprint density at radius 1 is 1.29 bits per heavy atom. The maximum absolute atomic E-state index is 13.5. The molecule has 0 aliphatic carbocycles. The Kier molecular flexibility index (Phi) is 2.38. The molecule has 0 aromatic heterocycles. The first kappa shape index (κ1) is 11.2. The van der Waals surface area contributed by atoms with Crippen LogP contribution in [0.25, 0.3) is 0 Å². The second kappa shape index (κ2) is 3.62. The van der Waals surface area contributed by atoms with E-state index in [0.29, 0.717) is 11.0 Å². The van der Waals surface area contributed by atoms with E-state index in [-0.39, 0.29) is 0 Å². The molecule has 1 aromatic carbocycles. The molecular weight excluding hydrogens is 234 g/mol. The number of carbonyl (C=O) groups excluding carboxylic acids is 3. The van der Waals surface area contributed by atoms with Crippen LogP contribution in [-0.4, -0.2) is 24.1 Å². The van der Waals surface area contributed by atoms with E-state index in [9.17, 15) is 23.2 Å². The van der Waals surface area contributed by atoms with Gasteiger partial charge in [-0.15, -0.1) is 0 Å². The van der Waals surface area contributed by atoms with Gasteiger partial charge in [0.2, 0.25) is 5.91 Å². The maximum atomic E-state index is 13.5. The van der Waals surface area contributed by atoms with Gasteiger partial charge in [-0.1, -0.05) is 0 Å². The summed E-state index contributed by atoms with van der Waals surface area (Å²) < 4.78 is 26.4. The van der Waals surface area contributed by atoms with E-state index in [2.05, 4.69) is 0 Å². The molecule has 1 aliphatic rings. The lowest BCUT2D eigenvalue weighted by molar-refractivity contribution is -0.120. The monoisotopic (exact) mass is 240 g/mol. The highest BCUT2D eigenvalue weighted by Gasteiger charge is 2.39. The molecule has 0 atom stereocenters. The van der Waals surface area contributed by atoms with Crippen LogP contribution < -0.4 is 10.6 Å². The summed E-state index contributed by atoms with van der Waals surface area (Å²) in [5.74, 6) is -5.10. The van der Waals surface area contributed by atoms with E-state index >= 15 is 0 Å². The lowest BCUT2D eigenvalue weighted by Crippen LogP contribution is -2.37. The molecule has 0 spiro atoms. The van der Waals surface area contributed by atoms with E-state index < -0.39 is 47.0 Å². The Hall–Kier alpha value is -2.31. The van der Waals surface area contributed by atoms with Gasteiger partial charge in [0.05, 0.1) is 11.3 Å². The second-order valence-electron chi connectivity index (χ2n) is 3.47. The molecule has 1 heterocycles. The van der Waals surface area contributed by atoms with Crippen molar-refractivity contribution in [2.45, 2.75) is 0 Å². The number of carbonyl (C=O) groups is 3. The van der Waals surface area contributed by atoms with Crippen molar-refractivity contribution in [3.63, 3.8) is 0 Å². The number of rotatable bonds is 2. The fraction of sp³-hybridized carbons (Fsp3) is 0.100. The predicted molar refractivity (Wildman–Crippen MR) is 52.2 cm³/mol. The predicted octanol–water partition coefficient (Wildman–Crippen LogP) is -0.0206. The number of nitrogens with zero attached hydrogens (tertiary/aromatic N) is 1. The van der Waals surface area contributed by atoms with Crippen LogP contribution in [0.3, 0.4) is 0 Å². The number of hydrogen-bond donors (Lipinski definition) is 1.